The van der Waals surface area contributed by atoms with Gasteiger partial charge in [-0.25, -0.2) is 0 Å². The molecule has 0 atom stereocenters. The molecular weight excluding hydrogens is 353 g/mol. The fourth-order valence-electron chi connectivity index (χ4n) is 1.60. The minimum atomic E-state index is 0.595. The van der Waals surface area contributed by atoms with Gasteiger partial charge in [0.2, 0.25) is 0 Å². The second kappa shape index (κ2) is 7.23. The molecule has 0 aliphatic rings. The summed E-state index contributed by atoms with van der Waals surface area (Å²) < 4.78 is 12.4. The Morgan fingerprint density at radius 2 is 1.42 bits per heavy atom. The van der Waals surface area contributed by atoms with Crippen molar-refractivity contribution in [3.8, 4) is 11.5 Å². The number of anilines is 1. The molecule has 0 saturated heterocycles. The monoisotopic (exact) mass is 369 g/mol. The van der Waals surface area contributed by atoms with Crippen LogP contribution < -0.4 is 15.2 Å². The molecule has 0 heterocycles. The van der Waals surface area contributed by atoms with Crippen LogP contribution in [0.5, 0.6) is 11.5 Å². The van der Waals surface area contributed by atoms with Crippen molar-refractivity contribution in [1.29, 1.82) is 0 Å². The van der Waals surface area contributed by atoms with E-state index in [1.165, 1.54) is 0 Å². The maximum absolute atomic E-state index is 5.79. The Labute approximate surface area is 126 Å². The maximum atomic E-state index is 5.79. The number of nitrogens with two attached hydrogens (primary N) is 1. The van der Waals surface area contributed by atoms with Gasteiger partial charge in [-0.1, -0.05) is 24.3 Å². The van der Waals surface area contributed by atoms with Crippen molar-refractivity contribution in [2.24, 2.45) is 0 Å². The Kier molecular flexibility index (Phi) is 5.32. The van der Waals surface area contributed by atoms with Gasteiger partial charge in [-0.2, -0.15) is 0 Å². The van der Waals surface area contributed by atoms with Crippen LogP contribution in [0.3, 0.4) is 0 Å². The molecule has 2 rings (SSSR count). The van der Waals surface area contributed by atoms with Crippen molar-refractivity contribution < 1.29 is 9.47 Å². The van der Waals surface area contributed by atoms with E-state index in [4.69, 9.17) is 15.2 Å². The average molecular weight is 369 g/mol. The fourth-order valence-corrected chi connectivity index (χ4v) is 2.14. The highest BCUT2D eigenvalue weighted by atomic mass is 127. The van der Waals surface area contributed by atoms with Gasteiger partial charge in [0.15, 0.2) is 0 Å². The van der Waals surface area contributed by atoms with E-state index in [9.17, 15) is 0 Å². The van der Waals surface area contributed by atoms with E-state index in [0.29, 0.717) is 18.9 Å². The molecule has 0 bridgehead atoms. The van der Waals surface area contributed by atoms with Crippen molar-refractivity contribution in [3.63, 3.8) is 0 Å². The summed E-state index contributed by atoms with van der Waals surface area (Å²) in [7, 11) is 0. The van der Waals surface area contributed by atoms with Crippen molar-refractivity contribution in [2.75, 3.05) is 18.9 Å². The largest absolute Gasteiger partial charge is 0.492 e. The van der Waals surface area contributed by atoms with Gasteiger partial charge in [-0.3, -0.25) is 0 Å². The quantitative estimate of drug-likeness (QED) is 0.480. The van der Waals surface area contributed by atoms with Crippen LogP contribution in [0.2, 0.25) is 0 Å². The van der Waals surface area contributed by atoms with E-state index in [1.807, 2.05) is 48.5 Å². The Morgan fingerprint density at radius 1 is 0.842 bits per heavy atom. The number of nitrogen functional groups attached to an aromatic ring is 1. The van der Waals surface area contributed by atoms with Crippen LogP contribution in [0, 0.1) is 3.57 Å². The lowest BCUT2D eigenvalue weighted by Gasteiger charge is -2.10. The van der Waals surface area contributed by atoms with Crippen molar-refractivity contribution in [2.45, 2.75) is 6.42 Å². The van der Waals surface area contributed by atoms with Crippen molar-refractivity contribution >= 4 is 28.3 Å². The molecule has 0 aliphatic carbocycles. The first-order chi connectivity index (χ1) is 9.27. The second-order valence-electron chi connectivity index (χ2n) is 4.02. The van der Waals surface area contributed by atoms with Gasteiger partial charge in [-0.15, -0.1) is 0 Å². The van der Waals surface area contributed by atoms with Crippen molar-refractivity contribution in [1.82, 2.24) is 0 Å². The third-order valence-electron chi connectivity index (χ3n) is 2.56. The van der Waals surface area contributed by atoms with Gasteiger partial charge in [-0.05, 0) is 46.9 Å². The number of rotatable bonds is 6. The van der Waals surface area contributed by atoms with E-state index in [0.717, 1.165) is 21.5 Å². The van der Waals surface area contributed by atoms with Crippen LogP contribution in [-0.4, -0.2) is 13.2 Å². The smallest absolute Gasteiger partial charge is 0.142 e. The van der Waals surface area contributed by atoms with E-state index in [1.54, 1.807) is 0 Å². The van der Waals surface area contributed by atoms with Crippen LogP contribution in [0.15, 0.2) is 48.5 Å². The molecule has 2 N–H and O–H groups in total. The third-order valence-corrected chi connectivity index (χ3v) is 3.45. The normalized spacial score (nSPS) is 10.2. The zero-order chi connectivity index (χ0) is 13.5. The highest BCUT2D eigenvalue weighted by Gasteiger charge is 2.00. The number of hydrogen-bond acceptors (Lipinski definition) is 3. The molecule has 2 aromatic carbocycles. The Hall–Kier alpha value is -1.43. The van der Waals surface area contributed by atoms with Gasteiger partial charge in [0.25, 0.3) is 0 Å². The molecule has 0 radical (unpaired) electrons. The third kappa shape index (κ3) is 4.31. The van der Waals surface area contributed by atoms with Gasteiger partial charge in [0, 0.05) is 6.42 Å². The fraction of sp³-hybridized carbons (Fsp3) is 0.200. The highest BCUT2D eigenvalue weighted by Crippen LogP contribution is 2.21. The van der Waals surface area contributed by atoms with E-state index in [2.05, 4.69) is 22.6 Å². The number of hydrogen-bond donors (Lipinski definition) is 1. The SMILES string of the molecule is Nc1ccccc1OCCCOc1ccccc1I. The summed E-state index contributed by atoms with van der Waals surface area (Å²) in [6.45, 7) is 1.23. The topological polar surface area (TPSA) is 44.5 Å². The Balaban J connectivity index is 1.71. The molecule has 3 nitrogen and oxygen atoms in total. The lowest BCUT2D eigenvalue weighted by atomic mass is 10.3. The van der Waals surface area contributed by atoms with Crippen LogP contribution >= 0.6 is 22.6 Å². The first kappa shape index (κ1) is 14.0. The van der Waals surface area contributed by atoms with Crippen LogP contribution in [-0.2, 0) is 0 Å². The summed E-state index contributed by atoms with van der Waals surface area (Å²) in [5.41, 5.74) is 6.46. The lowest BCUT2D eigenvalue weighted by Crippen LogP contribution is -2.06. The number of para-hydroxylation sites is 3. The second-order valence-corrected chi connectivity index (χ2v) is 5.18. The Morgan fingerprint density at radius 3 is 2.11 bits per heavy atom. The minimum Gasteiger partial charge on any atom is -0.492 e. The van der Waals surface area contributed by atoms with Crippen LogP contribution in [0.25, 0.3) is 0 Å². The predicted molar refractivity (Wildman–Crippen MR) is 85.6 cm³/mol. The predicted octanol–water partition coefficient (Wildman–Crippen LogP) is 3.72. The maximum Gasteiger partial charge on any atom is 0.142 e. The van der Waals surface area contributed by atoms with Crippen LogP contribution in [0.4, 0.5) is 5.69 Å². The minimum absolute atomic E-state index is 0.595. The zero-order valence-electron chi connectivity index (χ0n) is 10.5. The molecule has 100 valence electrons. The summed E-state index contributed by atoms with van der Waals surface area (Å²) >= 11 is 2.26. The zero-order valence-corrected chi connectivity index (χ0v) is 12.7. The molecule has 0 fully saturated rings. The highest BCUT2D eigenvalue weighted by molar-refractivity contribution is 14.1. The molecule has 0 aromatic heterocycles. The Bertz CT molecular complexity index is 484. The first-order valence-corrected chi connectivity index (χ1v) is 7.20. The summed E-state index contributed by atoms with van der Waals surface area (Å²) in [5, 5.41) is 0. The van der Waals surface area contributed by atoms with E-state index >= 15 is 0 Å². The molecule has 19 heavy (non-hydrogen) atoms. The van der Waals surface area contributed by atoms with E-state index in [-0.39, 0.29) is 0 Å². The molecule has 0 unspecified atom stereocenters. The van der Waals surface area contributed by atoms with Gasteiger partial charge >= 0.3 is 0 Å². The summed E-state index contributed by atoms with van der Waals surface area (Å²) in [6.07, 6.45) is 0.819. The summed E-state index contributed by atoms with van der Waals surface area (Å²) in [4.78, 5) is 0. The van der Waals surface area contributed by atoms with Gasteiger partial charge < -0.3 is 15.2 Å². The van der Waals surface area contributed by atoms with E-state index < -0.39 is 0 Å². The number of ether oxygens (including phenoxy) is 2. The molecule has 0 amide bonds. The molecule has 2 aromatic rings. The molecule has 0 spiro atoms. The standard InChI is InChI=1S/C15H16INO2/c16-12-6-1-3-8-14(12)18-10-5-11-19-15-9-4-2-7-13(15)17/h1-4,6-9H,5,10-11,17H2. The average Bonchev–Trinajstić information content (AvgIpc) is 2.42. The molecule has 0 saturated carbocycles. The number of halogens is 1. The summed E-state index contributed by atoms with van der Waals surface area (Å²) in [6, 6.07) is 15.5. The van der Waals surface area contributed by atoms with Crippen LogP contribution in [0.1, 0.15) is 6.42 Å². The van der Waals surface area contributed by atoms with Gasteiger partial charge in [0.1, 0.15) is 11.5 Å². The number of benzene rings is 2. The first-order valence-electron chi connectivity index (χ1n) is 6.12. The lowest BCUT2D eigenvalue weighted by molar-refractivity contribution is 0.247. The van der Waals surface area contributed by atoms with Gasteiger partial charge in [0.05, 0.1) is 22.5 Å². The van der Waals surface area contributed by atoms with Crippen molar-refractivity contribution in [3.05, 3.63) is 52.1 Å². The molecule has 4 heteroatoms. The molecular formula is C15H16INO2. The molecule has 0 aliphatic heterocycles. The summed E-state index contributed by atoms with van der Waals surface area (Å²) in [5.74, 6) is 1.65.